The molecule has 0 spiro atoms. The number of anilines is 2. The van der Waals surface area contributed by atoms with E-state index in [1.54, 1.807) is 48.5 Å². The van der Waals surface area contributed by atoms with E-state index in [1.807, 2.05) is 0 Å². The van der Waals surface area contributed by atoms with Crippen LogP contribution in [0.1, 0.15) is 35.1 Å². The topological polar surface area (TPSA) is 205 Å². The fourth-order valence-electron chi connectivity index (χ4n) is 4.67. The van der Waals surface area contributed by atoms with E-state index in [9.17, 15) is 38.2 Å². The van der Waals surface area contributed by atoms with Crippen molar-refractivity contribution < 1.29 is 43.2 Å². The number of hydrogen-bond donors (Lipinski definition) is 6. The van der Waals surface area contributed by atoms with Crippen LogP contribution in [-0.4, -0.2) is 72.3 Å². The minimum Gasteiger partial charge on any atom is -0.506 e. The van der Waals surface area contributed by atoms with E-state index in [1.165, 1.54) is 6.07 Å². The normalized spacial score (nSPS) is 18.7. The zero-order valence-electron chi connectivity index (χ0n) is 23.9. The number of aromatic hydroxyl groups is 1. The van der Waals surface area contributed by atoms with Crippen LogP contribution in [0.2, 0.25) is 0 Å². The lowest BCUT2D eigenvalue weighted by Crippen LogP contribution is -2.41. The van der Waals surface area contributed by atoms with E-state index < -0.39 is 54.4 Å². The molecule has 1 aliphatic heterocycles. The maximum atomic E-state index is 14.3. The van der Waals surface area contributed by atoms with Gasteiger partial charge < -0.3 is 36.0 Å². The summed E-state index contributed by atoms with van der Waals surface area (Å²) in [6, 6.07) is 15.7. The van der Waals surface area contributed by atoms with E-state index in [2.05, 4.69) is 25.9 Å². The van der Waals surface area contributed by atoms with Crippen molar-refractivity contribution in [3.05, 3.63) is 88.6 Å². The van der Waals surface area contributed by atoms with Crippen molar-refractivity contribution in [3.63, 3.8) is 0 Å². The molecule has 16 heteroatoms. The quantitative estimate of drug-likeness (QED) is 0.139. The minimum absolute atomic E-state index is 0.0575. The Morgan fingerprint density at radius 2 is 1.74 bits per heavy atom. The van der Waals surface area contributed by atoms with Gasteiger partial charge in [-0.25, -0.2) is 4.79 Å². The van der Waals surface area contributed by atoms with Crippen LogP contribution < -0.4 is 21.6 Å². The number of carbonyl (C=O) groups excluding carboxylic acids is 3. The Balaban J connectivity index is 1.10. The molecule has 2 aromatic heterocycles. The van der Waals surface area contributed by atoms with Crippen LogP contribution in [0.3, 0.4) is 0 Å². The number of alkyl halides is 2. The zero-order chi connectivity index (χ0) is 33.0. The first-order valence-corrected chi connectivity index (χ1v) is 13.9. The molecule has 0 bridgehead atoms. The smallest absolute Gasteiger partial charge is 0.351 e. The van der Waals surface area contributed by atoms with Gasteiger partial charge in [0.05, 0.1) is 30.0 Å². The zero-order valence-corrected chi connectivity index (χ0v) is 23.9. The van der Waals surface area contributed by atoms with Crippen LogP contribution in [0, 0.1) is 0 Å². The van der Waals surface area contributed by atoms with Crippen LogP contribution in [0.5, 0.6) is 5.75 Å². The molecule has 240 valence electrons. The van der Waals surface area contributed by atoms with Gasteiger partial charge in [0.2, 0.25) is 18.0 Å². The number of fused-ring (bicyclic) bond motifs is 1. The average molecular weight is 639 g/mol. The third-order valence-electron chi connectivity index (χ3n) is 7.12. The third-order valence-corrected chi connectivity index (χ3v) is 7.12. The van der Waals surface area contributed by atoms with Crippen molar-refractivity contribution in [2.75, 3.05) is 17.2 Å². The Bertz CT molecular complexity index is 1850. The summed E-state index contributed by atoms with van der Waals surface area (Å²) in [4.78, 5) is 57.6. The Kier molecular flexibility index (Phi) is 9.31. The van der Waals surface area contributed by atoms with Crippen molar-refractivity contribution >= 4 is 40.1 Å². The number of amides is 3. The van der Waals surface area contributed by atoms with Gasteiger partial charge >= 0.3 is 11.6 Å². The molecular weight excluding hydrogens is 610 g/mol. The number of ether oxygens (including phenoxy) is 1. The van der Waals surface area contributed by atoms with Gasteiger partial charge in [-0.3, -0.25) is 23.9 Å². The Morgan fingerprint density at radius 3 is 2.46 bits per heavy atom. The van der Waals surface area contributed by atoms with Gasteiger partial charge in [0.25, 0.3) is 5.91 Å². The number of aliphatic hydroxyl groups is 2. The molecule has 1 aliphatic rings. The second kappa shape index (κ2) is 13.4. The van der Waals surface area contributed by atoms with Crippen molar-refractivity contribution in [1.82, 2.24) is 19.9 Å². The number of hydrogen-bond acceptors (Lipinski definition) is 10. The number of halogens is 2. The molecular formula is C30H28F2N6O8. The molecule has 0 saturated carbocycles. The predicted octanol–water partition coefficient (Wildman–Crippen LogP) is 1.67. The first-order valence-electron chi connectivity index (χ1n) is 13.9. The molecule has 3 amide bonds. The minimum atomic E-state index is -3.88. The second-order valence-corrected chi connectivity index (χ2v) is 10.3. The number of nitrogens with zero attached hydrogens (tertiary/aromatic N) is 3. The number of para-hydroxylation sites is 2. The maximum absolute atomic E-state index is 14.3. The molecule has 46 heavy (non-hydrogen) atoms. The number of pyridine rings is 1. The summed E-state index contributed by atoms with van der Waals surface area (Å²) in [5.41, 5.74) is 0.540. The molecule has 3 heterocycles. The summed E-state index contributed by atoms with van der Waals surface area (Å²) < 4.78 is 34.0. The summed E-state index contributed by atoms with van der Waals surface area (Å²) >= 11 is 0. The van der Waals surface area contributed by atoms with Crippen LogP contribution in [0.25, 0.3) is 10.9 Å². The first-order chi connectivity index (χ1) is 22.0. The largest absolute Gasteiger partial charge is 0.506 e. The number of carbonyl (C=O) groups is 3. The molecule has 0 radical (unpaired) electrons. The molecule has 6 N–H and O–H groups in total. The van der Waals surface area contributed by atoms with E-state index in [0.29, 0.717) is 26.7 Å². The number of phenolic OH excluding ortho intramolecular Hbond substituents is 1. The van der Waals surface area contributed by atoms with Crippen molar-refractivity contribution in [1.29, 1.82) is 0 Å². The predicted molar refractivity (Wildman–Crippen MR) is 158 cm³/mol. The molecule has 1 fully saturated rings. The van der Waals surface area contributed by atoms with Gasteiger partial charge in [0.15, 0.2) is 6.10 Å². The number of phenols is 1. The molecule has 3 atom stereocenters. The molecule has 0 aliphatic carbocycles. The standard InChI is InChI=1S/C30H28F2N6O8/c31-30(32)26(43)22(15-39)46-28(30)38-12-11-23(37-29(38)45)36-25(42)10-9-24(41)33-14-18-7-5-16-13-17(6-8-19(16)34-18)27(44)35-20-3-1-2-4-21(20)40/h1-8,11-13,22,26,28,39-40,43H,9-10,14-15H2,(H,33,41)(H,35,44)(H,36,37,42,45). The Hall–Kier alpha value is -5.32. The summed E-state index contributed by atoms with van der Waals surface area (Å²) in [6.45, 7) is -0.826. The second-order valence-electron chi connectivity index (χ2n) is 10.3. The van der Waals surface area contributed by atoms with Gasteiger partial charge in [0.1, 0.15) is 17.7 Å². The Morgan fingerprint density at radius 1 is 0.978 bits per heavy atom. The number of rotatable bonds is 10. The van der Waals surface area contributed by atoms with Gasteiger partial charge in [0, 0.05) is 30.0 Å². The molecule has 5 rings (SSSR count). The van der Waals surface area contributed by atoms with Gasteiger partial charge in [-0.05, 0) is 42.5 Å². The van der Waals surface area contributed by atoms with E-state index in [4.69, 9.17) is 9.84 Å². The third kappa shape index (κ3) is 6.98. The SMILES string of the molecule is O=C(CCC(=O)Nc1ccn(C2OC(CO)C(O)C2(F)F)c(=O)n1)NCc1ccc2cc(C(=O)Nc3ccccc3O)ccc2n1. The molecule has 1 saturated heterocycles. The Labute approximate surface area is 258 Å². The van der Waals surface area contributed by atoms with Crippen molar-refractivity contribution in [2.45, 2.75) is 43.7 Å². The fraction of sp³-hybridized carbons (Fsp3) is 0.267. The van der Waals surface area contributed by atoms with E-state index in [0.717, 1.165) is 12.3 Å². The summed E-state index contributed by atoms with van der Waals surface area (Å²) in [7, 11) is 0. The number of benzene rings is 2. The monoisotopic (exact) mass is 638 g/mol. The first kappa shape index (κ1) is 32.1. The lowest BCUT2D eigenvalue weighted by Gasteiger charge is -2.21. The molecule has 14 nitrogen and oxygen atoms in total. The van der Waals surface area contributed by atoms with Crippen molar-refractivity contribution in [3.8, 4) is 5.75 Å². The lowest BCUT2D eigenvalue weighted by molar-refractivity contribution is -0.141. The lowest BCUT2D eigenvalue weighted by atomic mass is 10.1. The van der Waals surface area contributed by atoms with Crippen LogP contribution in [-0.2, 0) is 20.9 Å². The van der Waals surface area contributed by atoms with Crippen LogP contribution in [0.15, 0.2) is 71.7 Å². The highest BCUT2D eigenvalue weighted by Gasteiger charge is 2.59. The number of nitrogens with one attached hydrogen (secondary N) is 3. The average Bonchev–Trinajstić information content (AvgIpc) is 3.27. The van der Waals surface area contributed by atoms with Crippen LogP contribution in [0.4, 0.5) is 20.3 Å². The number of aromatic nitrogens is 3. The van der Waals surface area contributed by atoms with Crippen LogP contribution >= 0.6 is 0 Å². The van der Waals surface area contributed by atoms with E-state index >= 15 is 0 Å². The molecule has 2 aromatic carbocycles. The highest BCUT2D eigenvalue weighted by molar-refractivity contribution is 6.06. The van der Waals surface area contributed by atoms with Gasteiger partial charge in [-0.1, -0.05) is 18.2 Å². The molecule has 3 unspecified atom stereocenters. The summed E-state index contributed by atoms with van der Waals surface area (Å²) in [6.07, 6.45) is -5.71. The highest BCUT2D eigenvalue weighted by atomic mass is 19.3. The van der Waals surface area contributed by atoms with Gasteiger partial charge in [-0.2, -0.15) is 13.8 Å². The molecule has 4 aromatic rings. The highest BCUT2D eigenvalue weighted by Crippen LogP contribution is 2.42. The van der Waals surface area contributed by atoms with E-state index in [-0.39, 0.29) is 36.6 Å². The number of aliphatic hydroxyl groups excluding tert-OH is 2. The summed E-state index contributed by atoms with van der Waals surface area (Å²) in [5, 5.41) is 36.9. The fourth-order valence-corrected chi connectivity index (χ4v) is 4.67. The maximum Gasteiger partial charge on any atom is 0.351 e. The van der Waals surface area contributed by atoms with Crippen molar-refractivity contribution in [2.24, 2.45) is 0 Å². The summed E-state index contributed by atoms with van der Waals surface area (Å²) in [5.74, 6) is -5.72. The van der Waals surface area contributed by atoms with Gasteiger partial charge in [-0.15, -0.1) is 0 Å².